The molecule has 1 aliphatic rings. The van der Waals surface area contributed by atoms with Crippen LogP contribution in [0, 0.1) is 0 Å². The smallest absolute Gasteiger partial charge is 0.219 e. The van der Waals surface area contributed by atoms with Gasteiger partial charge in [-0.15, -0.1) is 0 Å². The van der Waals surface area contributed by atoms with Gasteiger partial charge in [-0.2, -0.15) is 0 Å². The Balaban J connectivity index is 1.72. The quantitative estimate of drug-likeness (QED) is 0.935. The second kappa shape index (κ2) is 6.59. The Bertz CT molecular complexity index is 578. The molecule has 4 heteroatoms. The maximum absolute atomic E-state index is 5.82. The molecule has 0 spiro atoms. The normalized spacial score (nSPS) is 18.2. The van der Waals surface area contributed by atoms with E-state index in [2.05, 4.69) is 16.4 Å². The van der Waals surface area contributed by atoms with Crippen molar-refractivity contribution in [2.45, 2.75) is 18.8 Å². The molecule has 0 saturated carbocycles. The highest BCUT2D eigenvalue weighted by molar-refractivity contribution is 5.33. The van der Waals surface area contributed by atoms with E-state index in [4.69, 9.17) is 9.47 Å². The minimum atomic E-state index is 0.484. The lowest BCUT2D eigenvalue weighted by Gasteiger charge is -2.22. The summed E-state index contributed by atoms with van der Waals surface area (Å²) >= 11 is 0. The van der Waals surface area contributed by atoms with E-state index < -0.39 is 0 Å². The van der Waals surface area contributed by atoms with Crippen LogP contribution in [0.1, 0.15) is 24.5 Å². The molecule has 2 aromatic rings. The summed E-state index contributed by atoms with van der Waals surface area (Å²) in [5.74, 6) is 2.71. The van der Waals surface area contributed by atoms with Crippen LogP contribution in [0.25, 0.3) is 0 Å². The van der Waals surface area contributed by atoms with E-state index in [-0.39, 0.29) is 0 Å². The lowest BCUT2D eigenvalue weighted by molar-refractivity contribution is 0.411. The van der Waals surface area contributed by atoms with Crippen molar-refractivity contribution < 1.29 is 9.47 Å². The van der Waals surface area contributed by atoms with Gasteiger partial charge in [0, 0.05) is 24.2 Å². The van der Waals surface area contributed by atoms with E-state index in [0.29, 0.717) is 11.8 Å². The molecule has 1 unspecified atom stereocenters. The average Bonchev–Trinajstić information content (AvgIpc) is 2.57. The highest BCUT2D eigenvalue weighted by Gasteiger charge is 2.16. The first-order valence-corrected chi connectivity index (χ1v) is 7.35. The Morgan fingerprint density at radius 1 is 1.10 bits per heavy atom. The van der Waals surface area contributed by atoms with E-state index in [0.717, 1.165) is 30.3 Å². The predicted octanol–water partition coefficient (Wildman–Crippen LogP) is 3.35. The van der Waals surface area contributed by atoms with E-state index in [9.17, 15) is 0 Å². The number of hydrogen-bond donors (Lipinski definition) is 1. The third-order valence-corrected chi connectivity index (χ3v) is 3.74. The molecule has 0 radical (unpaired) electrons. The Morgan fingerprint density at radius 2 is 1.90 bits per heavy atom. The van der Waals surface area contributed by atoms with Crippen LogP contribution in [0.15, 0.2) is 42.5 Å². The summed E-state index contributed by atoms with van der Waals surface area (Å²) in [6.45, 7) is 2.11. The van der Waals surface area contributed by atoms with Crippen LogP contribution in [-0.4, -0.2) is 25.2 Å². The molecule has 4 nitrogen and oxygen atoms in total. The van der Waals surface area contributed by atoms with Gasteiger partial charge in [0.25, 0.3) is 0 Å². The van der Waals surface area contributed by atoms with Gasteiger partial charge in [-0.05, 0) is 49.7 Å². The van der Waals surface area contributed by atoms with Gasteiger partial charge in [-0.3, -0.25) is 0 Å². The Hall–Kier alpha value is -2.07. The van der Waals surface area contributed by atoms with Crippen molar-refractivity contribution in [2.24, 2.45) is 0 Å². The monoisotopic (exact) mass is 284 g/mol. The summed E-state index contributed by atoms with van der Waals surface area (Å²) in [4.78, 5) is 4.64. The lowest BCUT2D eigenvalue weighted by atomic mass is 9.96. The molecule has 0 amide bonds. The number of nitrogens with one attached hydrogen (secondary N) is 1. The van der Waals surface area contributed by atoms with Crippen molar-refractivity contribution in [3.05, 3.63) is 48.2 Å². The minimum absolute atomic E-state index is 0.484. The van der Waals surface area contributed by atoms with Gasteiger partial charge in [0.1, 0.15) is 11.5 Å². The zero-order valence-corrected chi connectivity index (χ0v) is 12.2. The summed E-state index contributed by atoms with van der Waals surface area (Å²) in [6, 6.07) is 13.5. The summed E-state index contributed by atoms with van der Waals surface area (Å²) < 4.78 is 11.0. The number of methoxy groups -OCH3 is 1. The zero-order valence-electron chi connectivity index (χ0n) is 12.2. The van der Waals surface area contributed by atoms with Crippen LogP contribution in [0.2, 0.25) is 0 Å². The summed E-state index contributed by atoms with van der Waals surface area (Å²) in [5.41, 5.74) is 1.10. The minimum Gasteiger partial charge on any atom is -0.497 e. The maximum atomic E-state index is 5.82. The van der Waals surface area contributed by atoms with Gasteiger partial charge in [-0.25, -0.2) is 4.98 Å². The maximum Gasteiger partial charge on any atom is 0.219 e. The summed E-state index contributed by atoms with van der Waals surface area (Å²) in [6.07, 6.45) is 2.39. The number of pyridine rings is 1. The summed E-state index contributed by atoms with van der Waals surface area (Å²) in [7, 11) is 1.65. The van der Waals surface area contributed by atoms with E-state index in [1.807, 2.05) is 36.4 Å². The average molecular weight is 284 g/mol. The van der Waals surface area contributed by atoms with Crippen LogP contribution < -0.4 is 14.8 Å². The molecular weight excluding hydrogens is 264 g/mol. The molecule has 3 rings (SSSR count). The van der Waals surface area contributed by atoms with E-state index in [1.54, 1.807) is 7.11 Å². The summed E-state index contributed by atoms with van der Waals surface area (Å²) in [5, 5.41) is 3.42. The third kappa shape index (κ3) is 3.52. The number of nitrogens with zero attached hydrogens (tertiary/aromatic N) is 1. The van der Waals surface area contributed by atoms with Gasteiger partial charge >= 0.3 is 0 Å². The Kier molecular flexibility index (Phi) is 4.36. The fraction of sp³-hybridized carbons (Fsp3) is 0.353. The van der Waals surface area contributed by atoms with Gasteiger partial charge in [0.15, 0.2) is 0 Å². The van der Waals surface area contributed by atoms with Crippen molar-refractivity contribution in [2.75, 3.05) is 20.2 Å². The highest BCUT2D eigenvalue weighted by Crippen LogP contribution is 2.26. The van der Waals surface area contributed by atoms with Gasteiger partial charge in [-0.1, -0.05) is 6.07 Å². The SMILES string of the molecule is COc1ccc(Oc2cccc(C3CCCNC3)n2)cc1. The first-order chi connectivity index (χ1) is 10.3. The lowest BCUT2D eigenvalue weighted by Crippen LogP contribution is -2.28. The van der Waals surface area contributed by atoms with E-state index >= 15 is 0 Å². The molecule has 110 valence electrons. The third-order valence-electron chi connectivity index (χ3n) is 3.74. The zero-order chi connectivity index (χ0) is 14.5. The predicted molar refractivity (Wildman–Crippen MR) is 82.1 cm³/mol. The number of ether oxygens (including phenoxy) is 2. The van der Waals surface area contributed by atoms with Crippen LogP contribution in [-0.2, 0) is 0 Å². The molecule has 1 aliphatic heterocycles. The molecule has 1 fully saturated rings. The number of benzene rings is 1. The first kappa shape index (κ1) is 13.9. The molecule has 1 saturated heterocycles. The van der Waals surface area contributed by atoms with Crippen LogP contribution in [0.3, 0.4) is 0 Å². The number of piperidine rings is 1. The molecular formula is C17H20N2O2. The number of aromatic nitrogens is 1. The molecule has 2 heterocycles. The van der Waals surface area contributed by atoms with Gasteiger partial charge < -0.3 is 14.8 Å². The molecule has 21 heavy (non-hydrogen) atoms. The van der Waals surface area contributed by atoms with Crippen LogP contribution in [0.4, 0.5) is 0 Å². The topological polar surface area (TPSA) is 43.4 Å². The van der Waals surface area contributed by atoms with Crippen molar-refractivity contribution >= 4 is 0 Å². The van der Waals surface area contributed by atoms with Crippen molar-refractivity contribution in [3.8, 4) is 17.4 Å². The van der Waals surface area contributed by atoms with Crippen molar-refractivity contribution in [1.29, 1.82) is 0 Å². The fourth-order valence-electron chi connectivity index (χ4n) is 2.58. The fourth-order valence-corrected chi connectivity index (χ4v) is 2.58. The molecule has 1 aromatic heterocycles. The molecule has 0 bridgehead atoms. The van der Waals surface area contributed by atoms with Crippen molar-refractivity contribution in [3.63, 3.8) is 0 Å². The first-order valence-electron chi connectivity index (χ1n) is 7.35. The van der Waals surface area contributed by atoms with Crippen molar-refractivity contribution in [1.82, 2.24) is 10.3 Å². The Labute approximate surface area is 125 Å². The Morgan fingerprint density at radius 3 is 2.62 bits per heavy atom. The van der Waals surface area contributed by atoms with E-state index in [1.165, 1.54) is 12.8 Å². The number of hydrogen-bond acceptors (Lipinski definition) is 4. The second-order valence-electron chi connectivity index (χ2n) is 5.22. The molecule has 1 aromatic carbocycles. The van der Waals surface area contributed by atoms with Crippen LogP contribution >= 0.6 is 0 Å². The van der Waals surface area contributed by atoms with Crippen LogP contribution in [0.5, 0.6) is 17.4 Å². The standard InChI is InChI=1S/C17H20N2O2/c1-20-14-7-9-15(10-8-14)21-17-6-2-5-16(19-17)13-4-3-11-18-12-13/h2,5-10,13,18H,3-4,11-12H2,1H3. The molecule has 0 aliphatic carbocycles. The molecule has 1 atom stereocenters. The highest BCUT2D eigenvalue weighted by atomic mass is 16.5. The second-order valence-corrected chi connectivity index (χ2v) is 5.22. The largest absolute Gasteiger partial charge is 0.497 e. The molecule has 1 N–H and O–H groups in total. The van der Waals surface area contributed by atoms with Gasteiger partial charge in [0.05, 0.1) is 7.11 Å². The number of rotatable bonds is 4. The van der Waals surface area contributed by atoms with Gasteiger partial charge in [0.2, 0.25) is 5.88 Å².